The van der Waals surface area contributed by atoms with Crippen molar-refractivity contribution in [2.75, 3.05) is 20.1 Å². The van der Waals surface area contributed by atoms with Gasteiger partial charge in [0.05, 0.1) is 6.20 Å². The Bertz CT molecular complexity index is 670. The molecule has 0 saturated heterocycles. The van der Waals surface area contributed by atoms with Crippen molar-refractivity contribution in [2.45, 2.75) is 31.1 Å². The highest BCUT2D eigenvalue weighted by Crippen LogP contribution is 2.43. The molecule has 0 atom stereocenters. The maximum atomic E-state index is 4.35. The fourth-order valence-corrected chi connectivity index (χ4v) is 3.36. The van der Waals surface area contributed by atoms with Gasteiger partial charge in [0.25, 0.3) is 0 Å². The van der Waals surface area contributed by atoms with Crippen LogP contribution in [0.4, 0.5) is 0 Å². The average molecular weight is 325 g/mol. The summed E-state index contributed by atoms with van der Waals surface area (Å²) >= 11 is 0. The summed E-state index contributed by atoms with van der Waals surface area (Å²) in [6, 6.07) is 10.9. The van der Waals surface area contributed by atoms with Crippen molar-refractivity contribution < 1.29 is 0 Å². The molecule has 0 aliphatic heterocycles. The first-order chi connectivity index (χ1) is 11.7. The predicted molar refractivity (Wildman–Crippen MR) is 98.2 cm³/mol. The average Bonchev–Trinajstić information content (AvgIpc) is 2.98. The maximum absolute atomic E-state index is 4.35. The lowest BCUT2D eigenvalue weighted by Crippen LogP contribution is -2.49. The van der Waals surface area contributed by atoms with Gasteiger partial charge in [0.1, 0.15) is 0 Å². The number of aliphatic imine (C=N–C) groups is 1. The Morgan fingerprint density at radius 2 is 2.04 bits per heavy atom. The SMILES string of the molecule is CN=C(NCCc1cnn(C)c1)NCC1(c2ccccc2)CCC1. The minimum absolute atomic E-state index is 0.266. The van der Waals surface area contributed by atoms with Crippen molar-refractivity contribution in [2.24, 2.45) is 12.0 Å². The minimum Gasteiger partial charge on any atom is -0.356 e. The van der Waals surface area contributed by atoms with Gasteiger partial charge in [-0.15, -0.1) is 0 Å². The molecule has 1 aliphatic rings. The third-order valence-electron chi connectivity index (χ3n) is 4.98. The van der Waals surface area contributed by atoms with E-state index in [-0.39, 0.29) is 5.41 Å². The summed E-state index contributed by atoms with van der Waals surface area (Å²) in [5.74, 6) is 0.876. The molecule has 24 heavy (non-hydrogen) atoms. The summed E-state index contributed by atoms with van der Waals surface area (Å²) in [6.45, 7) is 1.79. The van der Waals surface area contributed by atoms with E-state index in [0.29, 0.717) is 0 Å². The second kappa shape index (κ2) is 7.51. The molecule has 0 amide bonds. The Labute approximate surface area is 144 Å². The van der Waals surface area contributed by atoms with E-state index in [0.717, 1.165) is 25.5 Å². The zero-order valence-corrected chi connectivity index (χ0v) is 14.6. The van der Waals surface area contributed by atoms with Gasteiger partial charge in [-0.3, -0.25) is 9.67 Å². The lowest BCUT2D eigenvalue weighted by Gasteiger charge is -2.43. The molecule has 2 aromatic rings. The molecule has 0 unspecified atom stereocenters. The summed E-state index contributed by atoms with van der Waals surface area (Å²) in [7, 11) is 3.77. The van der Waals surface area contributed by atoms with Crippen LogP contribution in [0.1, 0.15) is 30.4 Å². The van der Waals surface area contributed by atoms with E-state index >= 15 is 0 Å². The Hall–Kier alpha value is -2.30. The largest absolute Gasteiger partial charge is 0.356 e. The smallest absolute Gasteiger partial charge is 0.191 e. The lowest BCUT2D eigenvalue weighted by molar-refractivity contribution is 0.244. The highest BCUT2D eigenvalue weighted by atomic mass is 15.2. The zero-order valence-electron chi connectivity index (χ0n) is 14.6. The molecule has 5 nitrogen and oxygen atoms in total. The van der Waals surface area contributed by atoms with E-state index in [2.05, 4.69) is 57.3 Å². The summed E-state index contributed by atoms with van der Waals surface area (Å²) in [6.07, 6.45) is 8.71. The first kappa shape index (κ1) is 16.6. The van der Waals surface area contributed by atoms with Crippen molar-refractivity contribution in [3.05, 3.63) is 53.9 Å². The minimum atomic E-state index is 0.266. The molecule has 1 aromatic heterocycles. The number of nitrogens with zero attached hydrogens (tertiary/aromatic N) is 3. The molecule has 0 radical (unpaired) electrons. The van der Waals surface area contributed by atoms with Gasteiger partial charge in [-0.1, -0.05) is 36.8 Å². The number of nitrogens with one attached hydrogen (secondary N) is 2. The molecule has 1 fully saturated rings. The van der Waals surface area contributed by atoms with Crippen LogP contribution in [0.25, 0.3) is 0 Å². The van der Waals surface area contributed by atoms with Gasteiger partial charge in [-0.2, -0.15) is 5.10 Å². The molecule has 3 rings (SSSR count). The third-order valence-corrected chi connectivity index (χ3v) is 4.98. The van der Waals surface area contributed by atoms with Crippen molar-refractivity contribution in [1.82, 2.24) is 20.4 Å². The Balaban J connectivity index is 1.50. The number of benzene rings is 1. The molecule has 5 heteroatoms. The molecular formula is C19H27N5. The monoisotopic (exact) mass is 325 g/mol. The van der Waals surface area contributed by atoms with Crippen molar-refractivity contribution in [1.29, 1.82) is 0 Å². The van der Waals surface area contributed by atoms with E-state index in [1.165, 1.54) is 30.4 Å². The maximum Gasteiger partial charge on any atom is 0.191 e. The molecule has 2 N–H and O–H groups in total. The fraction of sp³-hybridized carbons (Fsp3) is 0.474. The van der Waals surface area contributed by atoms with Crippen LogP contribution in [0.2, 0.25) is 0 Å². The van der Waals surface area contributed by atoms with Gasteiger partial charge in [-0.25, -0.2) is 0 Å². The van der Waals surface area contributed by atoms with E-state index in [4.69, 9.17) is 0 Å². The summed E-state index contributed by atoms with van der Waals surface area (Å²) < 4.78 is 1.84. The normalized spacial score (nSPS) is 16.5. The molecule has 1 saturated carbocycles. The van der Waals surface area contributed by atoms with Crippen LogP contribution < -0.4 is 10.6 Å². The lowest BCUT2D eigenvalue weighted by atomic mass is 9.64. The number of hydrogen-bond donors (Lipinski definition) is 2. The topological polar surface area (TPSA) is 54.2 Å². The van der Waals surface area contributed by atoms with E-state index in [1.807, 2.05) is 25.0 Å². The number of rotatable bonds is 6. The zero-order chi connectivity index (χ0) is 16.8. The molecule has 1 aliphatic carbocycles. The quantitative estimate of drug-likeness (QED) is 0.633. The third kappa shape index (κ3) is 3.78. The Morgan fingerprint density at radius 1 is 1.25 bits per heavy atom. The predicted octanol–water partition coefficient (Wildman–Crippen LogP) is 2.25. The fourth-order valence-electron chi connectivity index (χ4n) is 3.36. The standard InChI is InChI=1S/C19H27N5/c1-20-18(21-12-9-16-13-23-24(2)14-16)22-15-19(10-6-11-19)17-7-4-3-5-8-17/h3-5,7-8,13-14H,6,9-12,15H2,1-2H3,(H2,20,21,22). The number of aromatic nitrogens is 2. The Kier molecular flexibility index (Phi) is 5.18. The highest BCUT2D eigenvalue weighted by Gasteiger charge is 2.38. The summed E-state index contributed by atoms with van der Waals surface area (Å²) in [4.78, 5) is 4.35. The first-order valence-corrected chi connectivity index (χ1v) is 8.69. The van der Waals surface area contributed by atoms with Crippen LogP contribution in [0.15, 0.2) is 47.7 Å². The molecule has 0 bridgehead atoms. The number of aryl methyl sites for hydroxylation is 1. The van der Waals surface area contributed by atoms with Gasteiger partial charge in [-0.05, 0) is 30.4 Å². The van der Waals surface area contributed by atoms with Crippen molar-refractivity contribution in [3.63, 3.8) is 0 Å². The van der Waals surface area contributed by atoms with E-state index in [9.17, 15) is 0 Å². The molecule has 0 spiro atoms. The summed E-state index contributed by atoms with van der Waals surface area (Å²) in [5.41, 5.74) is 2.94. The van der Waals surface area contributed by atoms with Crippen LogP contribution >= 0.6 is 0 Å². The second-order valence-corrected chi connectivity index (χ2v) is 6.62. The van der Waals surface area contributed by atoms with Crippen LogP contribution in [-0.2, 0) is 18.9 Å². The van der Waals surface area contributed by atoms with Gasteiger partial charge in [0, 0.05) is 38.8 Å². The van der Waals surface area contributed by atoms with Gasteiger partial charge < -0.3 is 10.6 Å². The van der Waals surface area contributed by atoms with Gasteiger partial charge in [0.15, 0.2) is 5.96 Å². The molecule has 1 aromatic carbocycles. The highest BCUT2D eigenvalue weighted by molar-refractivity contribution is 5.79. The number of guanidine groups is 1. The van der Waals surface area contributed by atoms with Crippen LogP contribution in [0.5, 0.6) is 0 Å². The number of hydrogen-bond acceptors (Lipinski definition) is 2. The van der Waals surface area contributed by atoms with Crippen molar-refractivity contribution >= 4 is 5.96 Å². The van der Waals surface area contributed by atoms with E-state index in [1.54, 1.807) is 0 Å². The summed E-state index contributed by atoms with van der Waals surface area (Å²) in [5, 5.41) is 11.1. The van der Waals surface area contributed by atoms with Crippen LogP contribution in [0.3, 0.4) is 0 Å². The van der Waals surface area contributed by atoms with Crippen LogP contribution in [-0.4, -0.2) is 35.9 Å². The molecule has 128 valence electrons. The molecule has 1 heterocycles. The Morgan fingerprint density at radius 3 is 2.62 bits per heavy atom. The molecular weight excluding hydrogens is 298 g/mol. The first-order valence-electron chi connectivity index (χ1n) is 8.69. The second-order valence-electron chi connectivity index (χ2n) is 6.62. The van der Waals surface area contributed by atoms with Gasteiger partial charge in [0.2, 0.25) is 0 Å². The van der Waals surface area contributed by atoms with Crippen molar-refractivity contribution in [3.8, 4) is 0 Å². The van der Waals surface area contributed by atoms with Gasteiger partial charge >= 0.3 is 0 Å². The van der Waals surface area contributed by atoms with E-state index < -0.39 is 0 Å². The van der Waals surface area contributed by atoms with Crippen LogP contribution in [0, 0.1) is 0 Å².